The molecule has 0 rings (SSSR count). The molecule has 0 aliphatic carbocycles. The van der Waals surface area contributed by atoms with E-state index >= 15 is 0 Å². The maximum absolute atomic E-state index is 12.9. The van der Waals surface area contributed by atoms with Gasteiger partial charge in [0.25, 0.3) is 0 Å². The van der Waals surface area contributed by atoms with Crippen molar-refractivity contribution in [1.82, 2.24) is 0 Å². The number of esters is 3. The van der Waals surface area contributed by atoms with Gasteiger partial charge < -0.3 is 14.2 Å². The molecule has 0 saturated carbocycles. The van der Waals surface area contributed by atoms with Crippen LogP contribution in [0.3, 0.4) is 0 Å². The second-order valence-electron chi connectivity index (χ2n) is 24.1. The third-order valence-electron chi connectivity index (χ3n) is 16.0. The van der Waals surface area contributed by atoms with E-state index in [1.807, 2.05) is 0 Å². The van der Waals surface area contributed by atoms with Crippen LogP contribution >= 0.6 is 0 Å². The van der Waals surface area contributed by atoms with Gasteiger partial charge in [-0.15, -0.1) is 0 Å². The highest BCUT2D eigenvalue weighted by molar-refractivity contribution is 5.71. The van der Waals surface area contributed by atoms with Crippen LogP contribution in [0.1, 0.15) is 380 Å². The lowest BCUT2D eigenvalue weighted by Gasteiger charge is -2.18. The van der Waals surface area contributed by atoms with Crippen molar-refractivity contribution in [2.75, 3.05) is 13.2 Å². The van der Waals surface area contributed by atoms with Gasteiger partial charge in [-0.2, -0.15) is 0 Å². The summed E-state index contributed by atoms with van der Waals surface area (Å²) in [5, 5.41) is 0. The summed E-state index contributed by atoms with van der Waals surface area (Å²) >= 11 is 0. The van der Waals surface area contributed by atoms with Gasteiger partial charge >= 0.3 is 17.9 Å². The molecule has 81 heavy (non-hydrogen) atoms. The van der Waals surface area contributed by atoms with E-state index in [-0.39, 0.29) is 31.1 Å². The van der Waals surface area contributed by atoms with Crippen LogP contribution in [0.25, 0.3) is 0 Å². The second kappa shape index (κ2) is 69.6. The summed E-state index contributed by atoms with van der Waals surface area (Å²) in [6.45, 7) is 6.56. The van der Waals surface area contributed by atoms with Gasteiger partial charge in [0.05, 0.1) is 0 Å². The molecule has 0 radical (unpaired) electrons. The molecular formula is C75H136O6. The first-order valence-electron chi connectivity index (χ1n) is 35.8. The standard InChI is InChI=1S/C75H136O6/c1-4-7-10-13-16-19-21-23-25-27-29-31-33-34-35-36-37-38-39-40-42-43-45-47-49-51-53-56-59-62-65-68-74(77)80-71-72(70-79-73(76)67-64-61-58-55-18-15-12-9-6-3)81-75(78)69-66-63-60-57-54-52-50-48-46-44-41-32-30-28-26-24-22-20-17-14-11-8-5-2/h8,11,17,20,24,26-27,29-30,32,72H,4-7,9-10,12-16,18-19,21-23,25,28,31,33-71H2,1-3H3/b11-8-,20-17-,26-24-,29-27-,32-30-. The molecule has 0 aromatic carbocycles. The van der Waals surface area contributed by atoms with Crippen LogP contribution in [0.15, 0.2) is 60.8 Å². The van der Waals surface area contributed by atoms with Crippen molar-refractivity contribution in [2.24, 2.45) is 0 Å². The summed E-state index contributed by atoms with van der Waals surface area (Å²) in [6, 6.07) is 0. The Morgan fingerprint density at radius 2 is 0.481 bits per heavy atom. The molecule has 0 aromatic rings. The third-order valence-corrected chi connectivity index (χ3v) is 16.0. The second-order valence-corrected chi connectivity index (χ2v) is 24.1. The van der Waals surface area contributed by atoms with Crippen LogP contribution < -0.4 is 0 Å². The smallest absolute Gasteiger partial charge is 0.306 e. The van der Waals surface area contributed by atoms with Gasteiger partial charge in [0, 0.05) is 19.3 Å². The predicted octanol–water partition coefficient (Wildman–Crippen LogP) is 24.7. The summed E-state index contributed by atoms with van der Waals surface area (Å²) in [5.41, 5.74) is 0. The largest absolute Gasteiger partial charge is 0.462 e. The fourth-order valence-corrected chi connectivity index (χ4v) is 10.7. The van der Waals surface area contributed by atoms with Gasteiger partial charge in [-0.1, -0.05) is 338 Å². The van der Waals surface area contributed by atoms with E-state index in [9.17, 15) is 14.4 Å². The zero-order valence-corrected chi connectivity index (χ0v) is 54.3. The molecule has 1 unspecified atom stereocenters. The highest BCUT2D eigenvalue weighted by Crippen LogP contribution is 2.18. The van der Waals surface area contributed by atoms with Crippen LogP contribution in [0.5, 0.6) is 0 Å². The van der Waals surface area contributed by atoms with Crippen molar-refractivity contribution in [1.29, 1.82) is 0 Å². The Kier molecular flexibility index (Phi) is 67.1. The topological polar surface area (TPSA) is 78.9 Å². The van der Waals surface area contributed by atoms with E-state index in [4.69, 9.17) is 14.2 Å². The Morgan fingerprint density at radius 1 is 0.259 bits per heavy atom. The Balaban J connectivity index is 4.09. The van der Waals surface area contributed by atoms with Crippen LogP contribution in [0, 0.1) is 0 Å². The van der Waals surface area contributed by atoms with Gasteiger partial charge in [-0.25, -0.2) is 0 Å². The zero-order valence-electron chi connectivity index (χ0n) is 54.3. The predicted molar refractivity (Wildman–Crippen MR) is 353 cm³/mol. The number of carbonyl (C=O) groups is 3. The molecule has 0 bridgehead atoms. The van der Waals surface area contributed by atoms with E-state index in [2.05, 4.69) is 81.5 Å². The van der Waals surface area contributed by atoms with Gasteiger partial charge in [0.1, 0.15) is 13.2 Å². The number of hydrogen-bond acceptors (Lipinski definition) is 6. The maximum atomic E-state index is 12.9. The van der Waals surface area contributed by atoms with Crippen molar-refractivity contribution < 1.29 is 28.6 Å². The number of unbranched alkanes of at least 4 members (excludes halogenated alkanes) is 45. The monoisotopic (exact) mass is 1130 g/mol. The highest BCUT2D eigenvalue weighted by Gasteiger charge is 2.19. The van der Waals surface area contributed by atoms with Crippen molar-refractivity contribution in [3.63, 3.8) is 0 Å². The Bertz CT molecular complexity index is 1440. The molecule has 0 spiro atoms. The Labute approximate surface area is 504 Å². The summed E-state index contributed by atoms with van der Waals surface area (Å²) in [6.07, 6.45) is 89.9. The zero-order chi connectivity index (χ0) is 58.5. The number of rotatable bonds is 66. The normalized spacial score (nSPS) is 12.4. The molecule has 0 aliphatic heterocycles. The fourth-order valence-electron chi connectivity index (χ4n) is 10.7. The van der Waals surface area contributed by atoms with Gasteiger partial charge in [-0.05, 0) is 83.5 Å². The summed E-state index contributed by atoms with van der Waals surface area (Å²) in [7, 11) is 0. The van der Waals surface area contributed by atoms with Crippen molar-refractivity contribution in [3.05, 3.63) is 60.8 Å². The quantitative estimate of drug-likeness (QED) is 0.0261. The summed E-state index contributed by atoms with van der Waals surface area (Å²) < 4.78 is 16.9. The van der Waals surface area contributed by atoms with Crippen LogP contribution in [-0.2, 0) is 28.6 Å². The van der Waals surface area contributed by atoms with Crippen molar-refractivity contribution in [3.8, 4) is 0 Å². The van der Waals surface area contributed by atoms with E-state index in [1.165, 1.54) is 257 Å². The average molecular weight is 1130 g/mol. The summed E-state index contributed by atoms with van der Waals surface area (Å²) in [5.74, 6) is -0.856. The van der Waals surface area contributed by atoms with E-state index in [1.54, 1.807) is 0 Å². The molecular weight excluding hydrogens is 997 g/mol. The Hall–Kier alpha value is -2.89. The van der Waals surface area contributed by atoms with Gasteiger partial charge in [0.15, 0.2) is 6.10 Å². The van der Waals surface area contributed by atoms with E-state index in [0.717, 1.165) is 83.5 Å². The van der Waals surface area contributed by atoms with Crippen molar-refractivity contribution >= 4 is 17.9 Å². The fraction of sp³-hybridized carbons (Fsp3) is 0.827. The van der Waals surface area contributed by atoms with Crippen molar-refractivity contribution in [2.45, 2.75) is 386 Å². The molecule has 0 aliphatic rings. The summed E-state index contributed by atoms with van der Waals surface area (Å²) in [4.78, 5) is 38.3. The third kappa shape index (κ3) is 67.8. The SMILES string of the molecule is CC/C=C\C/C=C\C/C=C\C/C=C\CCCCCCCCCCCCC(=O)OC(COC(=O)CCCCCCCCCCC)COC(=O)CCCCCCCCCCCCCCCCCCCCC/C=C\CCCCCCCCCC. The minimum atomic E-state index is -0.774. The first-order valence-corrected chi connectivity index (χ1v) is 35.8. The van der Waals surface area contributed by atoms with Crippen LogP contribution in [0.2, 0.25) is 0 Å². The van der Waals surface area contributed by atoms with Gasteiger partial charge in [-0.3, -0.25) is 14.4 Å². The minimum Gasteiger partial charge on any atom is -0.462 e. The molecule has 0 heterocycles. The molecule has 0 amide bonds. The average Bonchev–Trinajstić information content (AvgIpc) is 3.47. The molecule has 472 valence electrons. The lowest BCUT2D eigenvalue weighted by molar-refractivity contribution is -0.167. The van der Waals surface area contributed by atoms with E-state index in [0.29, 0.717) is 19.3 Å². The first-order chi connectivity index (χ1) is 40.0. The molecule has 0 N–H and O–H groups in total. The van der Waals surface area contributed by atoms with E-state index < -0.39 is 6.10 Å². The Morgan fingerprint density at radius 3 is 0.765 bits per heavy atom. The number of carbonyl (C=O) groups excluding carboxylic acids is 3. The number of hydrogen-bond donors (Lipinski definition) is 0. The number of allylic oxidation sites excluding steroid dienone is 10. The lowest BCUT2D eigenvalue weighted by Crippen LogP contribution is -2.30. The lowest BCUT2D eigenvalue weighted by atomic mass is 10.0. The van der Waals surface area contributed by atoms with Crippen LogP contribution in [-0.4, -0.2) is 37.2 Å². The van der Waals surface area contributed by atoms with Crippen LogP contribution in [0.4, 0.5) is 0 Å². The first kappa shape index (κ1) is 78.1. The maximum Gasteiger partial charge on any atom is 0.306 e. The molecule has 6 heteroatoms. The van der Waals surface area contributed by atoms with Gasteiger partial charge in [0.2, 0.25) is 0 Å². The highest BCUT2D eigenvalue weighted by atomic mass is 16.6. The minimum absolute atomic E-state index is 0.0711. The molecule has 1 atom stereocenters. The molecule has 0 aromatic heterocycles. The molecule has 0 saturated heterocycles. The molecule has 0 fully saturated rings. The number of ether oxygens (including phenoxy) is 3. The molecule has 6 nitrogen and oxygen atoms in total.